The van der Waals surface area contributed by atoms with Gasteiger partial charge in [-0.1, -0.05) is 30.3 Å². The number of carbonyl (C=O) groups is 1. The quantitative estimate of drug-likeness (QED) is 0.551. The SMILES string of the molecule is O=C(Cn1cnc2ccccc2c1=O)NCc1cccc(Oc2ccccn2)c1. The van der Waals surface area contributed by atoms with Crippen LogP contribution >= 0.6 is 0 Å². The molecule has 0 aliphatic carbocycles. The molecule has 1 N–H and O–H groups in total. The van der Waals surface area contributed by atoms with Crippen molar-refractivity contribution >= 4 is 16.8 Å². The highest BCUT2D eigenvalue weighted by Crippen LogP contribution is 2.19. The lowest BCUT2D eigenvalue weighted by Crippen LogP contribution is -2.32. The molecule has 0 aliphatic rings. The zero-order valence-corrected chi connectivity index (χ0v) is 15.5. The van der Waals surface area contributed by atoms with Gasteiger partial charge in [-0.3, -0.25) is 14.2 Å². The standard InChI is InChI=1S/C22H18N4O3/c27-20(14-26-15-25-19-9-2-1-8-18(19)22(26)28)24-13-16-6-5-7-17(12-16)29-21-10-3-4-11-23-21/h1-12,15H,13-14H2,(H,24,27). The van der Waals surface area contributed by atoms with E-state index in [-0.39, 0.29) is 18.0 Å². The van der Waals surface area contributed by atoms with Crippen molar-refractivity contribution in [2.75, 3.05) is 0 Å². The summed E-state index contributed by atoms with van der Waals surface area (Å²) < 4.78 is 7.00. The number of nitrogens with zero attached hydrogens (tertiary/aromatic N) is 3. The molecule has 0 aliphatic heterocycles. The Morgan fingerprint density at radius 3 is 2.72 bits per heavy atom. The molecule has 2 aromatic heterocycles. The Kier molecular flexibility index (Phi) is 5.29. The predicted molar refractivity (Wildman–Crippen MR) is 109 cm³/mol. The van der Waals surface area contributed by atoms with Crippen LogP contribution in [-0.2, 0) is 17.9 Å². The average molecular weight is 386 g/mol. The maximum absolute atomic E-state index is 12.5. The van der Waals surface area contributed by atoms with Gasteiger partial charge in [0.1, 0.15) is 12.3 Å². The molecule has 2 aromatic carbocycles. The Balaban J connectivity index is 1.39. The summed E-state index contributed by atoms with van der Waals surface area (Å²) in [6.07, 6.45) is 3.05. The number of amides is 1. The van der Waals surface area contributed by atoms with Gasteiger partial charge in [0.05, 0.1) is 17.2 Å². The molecule has 7 heteroatoms. The summed E-state index contributed by atoms with van der Waals surface area (Å²) in [7, 11) is 0. The summed E-state index contributed by atoms with van der Waals surface area (Å²) >= 11 is 0. The second-order valence-electron chi connectivity index (χ2n) is 6.39. The largest absolute Gasteiger partial charge is 0.439 e. The Hall–Kier alpha value is -4.00. The van der Waals surface area contributed by atoms with E-state index in [1.165, 1.54) is 10.9 Å². The normalized spacial score (nSPS) is 10.6. The number of ether oxygens (including phenoxy) is 1. The number of pyridine rings is 1. The molecule has 4 aromatic rings. The molecule has 0 saturated carbocycles. The van der Waals surface area contributed by atoms with E-state index in [1.807, 2.05) is 42.5 Å². The topological polar surface area (TPSA) is 86.1 Å². The van der Waals surface area contributed by atoms with E-state index in [2.05, 4.69) is 15.3 Å². The second kappa shape index (κ2) is 8.35. The lowest BCUT2D eigenvalue weighted by atomic mass is 10.2. The van der Waals surface area contributed by atoms with Crippen LogP contribution < -0.4 is 15.6 Å². The third kappa shape index (κ3) is 4.47. The Morgan fingerprint density at radius 2 is 1.86 bits per heavy atom. The highest BCUT2D eigenvalue weighted by Gasteiger charge is 2.08. The van der Waals surface area contributed by atoms with E-state index >= 15 is 0 Å². The molecular weight excluding hydrogens is 368 g/mol. The number of hydrogen-bond donors (Lipinski definition) is 1. The van der Waals surface area contributed by atoms with Crippen LogP contribution in [0.25, 0.3) is 10.9 Å². The Morgan fingerprint density at radius 1 is 1.00 bits per heavy atom. The Labute approximate surface area is 166 Å². The first kappa shape index (κ1) is 18.4. The van der Waals surface area contributed by atoms with E-state index in [0.717, 1.165) is 5.56 Å². The maximum atomic E-state index is 12.5. The monoisotopic (exact) mass is 386 g/mol. The highest BCUT2D eigenvalue weighted by atomic mass is 16.5. The first-order chi connectivity index (χ1) is 14.2. The zero-order chi connectivity index (χ0) is 20.1. The van der Waals surface area contributed by atoms with Crippen LogP contribution in [0.3, 0.4) is 0 Å². The lowest BCUT2D eigenvalue weighted by Gasteiger charge is -2.09. The molecule has 0 bridgehead atoms. The summed E-state index contributed by atoms with van der Waals surface area (Å²) in [5, 5.41) is 3.30. The van der Waals surface area contributed by atoms with Gasteiger partial charge >= 0.3 is 0 Å². The van der Waals surface area contributed by atoms with Crippen LogP contribution in [0, 0.1) is 0 Å². The maximum Gasteiger partial charge on any atom is 0.261 e. The van der Waals surface area contributed by atoms with Crippen molar-refractivity contribution in [3.05, 3.63) is 95.2 Å². The van der Waals surface area contributed by atoms with Gasteiger partial charge in [0, 0.05) is 18.8 Å². The number of fused-ring (bicyclic) bond motifs is 1. The molecule has 1 amide bonds. The van der Waals surface area contributed by atoms with E-state index in [1.54, 1.807) is 30.5 Å². The smallest absolute Gasteiger partial charge is 0.261 e. The second-order valence-corrected chi connectivity index (χ2v) is 6.39. The van der Waals surface area contributed by atoms with Crippen LogP contribution in [0.5, 0.6) is 11.6 Å². The number of benzene rings is 2. The number of carbonyl (C=O) groups excluding carboxylic acids is 1. The molecule has 0 fully saturated rings. The van der Waals surface area contributed by atoms with Crippen molar-refractivity contribution in [3.63, 3.8) is 0 Å². The van der Waals surface area contributed by atoms with Crippen LogP contribution in [0.2, 0.25) is 0 Å². The average Bonchev–Trinajstić information content (AvgIpc) is 2.75. The van der Waals surface area contributed by atoms with Crippen molar-refractivity contribution in [3.8, 4) is 11.6 Å². The van der Waals surface area contributed by atoms with E-state index in [0.29, 0.717) is 29.1 Å². The molecular formula is C22H18N4O3. The number of aromatic nitrogens is 3. The third-order valence-corrected chi connectivity index (χ3v) is 4.29. The summed E-state index contributed by atoms with van der Waals surface area (Å²) in [5.41, 5.74) is 1.24. The molecule has 0 atom stereocenters. The summed E-state index contributed by atoms with van der Waals surface area (Å²) in [5.74, 6) is 0.850. The summed E-state index contributed by atoms with van der Waals surface area (Å²) in [6, 6.07) is 19.9. The molecule has 7 nitrogen and oxygen atoms in total. The van der Waals surface area contributed by atoms with Gasteiger partial charge in [-0.15, -0.1) is 0 Å². The zero-order valence-electron chi connectivity index (χ0n) is 15.5. The van der Waals surface area contributed by atoms with Gasteiger partial charge in [0.15, 0.2) is 0 Å². The number of para-hydroxylation sites is 1. The Bertz CT molecular complexity index is 1210. The van der Waals surface area contributed by atoms with E-state index in [4.69, 9.17) is 4.74 Å². The lowest BCUT2D eigenvalue weighted by molar-refractivity contribution is -0.121. The number of nitrogens with one attached hydrogen (secondary N) is 1. The molecule has 2 heterocycles. The van der Waals surface area contributed by atoms with Crippen molar-refractivity contribution in [2.45, 2.75) is 13.1 Å². The molecule has 0 unspecified atom stereocenters. The van der Waals surface area contributed by atoms with Gasteiger partial charge in [0.2, 0.25) is 11.8 Å². The van der Waals surface area contributed by atoms with E-state index < -0.39 is 0 Å². The van der Waals surface area contributed by atoms with Crippen molar-refractivity contribution < 1.29 is 9.53 Å². The molecule has 144 valence electrons. The van der Waals surface area contributed by atoms with Crippen molar-refractivity contribution in [2.24, 2.45) is 0 Å². The molecule has 0 spiro atoms. The minimum atomic E-state index is -0.278. The first-order valence-electron chi connectivity index (χ1n) is 9.08. The number of hydrogen-bond acceptors (Lipinski definition) is 5. The van der Waals surface area contributed by atoms with E-state index in [9.17, 15) is 9.59 Å². The highest BCUT2D eigenvalue weighted by molar-refractivity contribution is 5.78. The van der Waals surface area contributed by atoms with Crippen LogP contribution in [0.1, 0.15) is 5.56 Å². The van der Waals surface area contributed by atoms with Gasteiger partial charge in [-0.05, 0) is 35.9 Å². The van der Waals surface area contributed by atoms with Crippen LogP contribution in [0.4, 0.5) is 0 Å². The molecule has 0 radical (unpaired) electrons. The van der Waals surface area contributed by atoms with Gasteiger partial charge in [-0.2, -0.15) is 0 Å². The van der Waals surface area contributed by atoms with Crippen LogP contribution in [0.15, 0.2) is 84.0 Å². The van der Waals surface area contributed by atoms with Gasteiger partial charge < -0.3 is 10.1 Å². The number of rotatable bonds is 6. The van der Waals surface area contributed by atoms with Gasteiger partial charge in [-0.25, -0.2) is 9.97 Å². The fourth-order valence-electron chi connectivity index (χ4n) is 2.88. The fourth-order valence-corrected chi connectivity index (χ4v) is 2.88. The minimum absolute atomic E-state index is 0.0964. The van der Waals surface area contributed by atoms with Crippen molar-refractivity contribution in [1.82, 2.24) is 19.9 Å². The van der Waals surface area contributed by atoms with Gasteiger partial charge in [0.25, 0.3) is 5.56 Å². The van der Waals surface area contributed by atoms with Crippen LogP contribution in [-0.4, -0.2) is 20.4 Å². The minimum Gasteiger partial charge on any atom is -0.439 e. The predicted octanol–water partition coefficient (Wildman–Crippen LogP) is 2.90. The van der Waals surface area contributed by atoms with Crippen molar-refractivity contribution in [1.29, 1.82) is 0 Å². The summed E-state index contributed by atoms with van der Waals surface area (Å²) in [6.45, 7) is 0.217. The molecule has 0 saturated heterocycles. The first-order valence-corrected chi connectivity index (χ1v) is 9.08. The third-order valence-electron chi connectivity index (χ3n) is 4.29. The summed E-state index contributed by atoms with van der Waals surface area (Å²) in [4.78, 5) is 33.1. The molecule has 4 rings (SSSR count). The molecule has 29 heavy (non-hydrogen) atoms. The fraction of sp³-hybridized carbons (Fsp3) is 0.0909.